The molecule has 1 nitrogen and oxygen atoms in total. The lowest BCUT2D eigenvalue weighted by atomic mass is 9.97. The highest BCUT2D eigenvalue weighted by molar-refractivity contribution is 6.17. The van der Waals surface area contributed by atoms with Crippen molar-refractivity contribution in [3.8, 4) is 0 Å². The van der Waals surface area contributed by atoms with E-state index in [1.54, 1.807) is 0 Å². The van der Waals surface area contributed by atoms with Crippen LogP contribution >= 0.6 is 11.6 Å². The van der Waals surface area contributed by atoms with Crippen LogP contribution in [0, 0.1) is 0 Å². The molecule has 1 unspecified atom stereocenters. The van der Waals surface area contributed by atoms with Gasteiger partial charge in [0.1, 0.15) is 0 Å². The van der Waals surface area contributed by atoms with Crippen molar-refractivity contribution in [3.63, 3.8) is 0 Å². The van der Waals surface area contributed by atoms with Gasteiger partial charge in [0, 0.05) is 18.5 Å². The van der Waals surface area contributed by atoms with Gasteiger partial charge >= 0.3 is 0 Å². The summed E-state index contributed by atoms with van der Waals surface area (Å²) >= 11 is 5.97. The van der Waals surface area contributed by atoms with E-state index in [-0.39, 0.29) is 0 Å². The number of likely N-dealkylation sites (tertiary alicyclic amines) is 1. The first-order valence-corrected chi connectivity index (χ1v) is 8.18. The average Bonchev–Trinajstić information content (AvgIpc) is 2.50. The van der Waals surface area contributed by atoms with Crippen molar-refractivity contribution in [2.75, 3.05) is 12.4 Å². The smallest absolute Gasteiger partial charge is 0.0242 e. The molecule has 0 amide bonds. The van der Waals surface area contributed by atoms with Gasteiger partial charge in [-0.1, -0.05) is 48.9 Å². The van der Waals surface area contributed by atoms with E-state index in [1.165, 1.54) is 42.1 Å². The first-order valence-electron chi connectivity index (χ1n) is 7.65. The molecule has 1 saturated heterocycles. The normalized spacial score (nSPS) is 20.4. The first-order chi connectivity index (χ1) is 9.88. The second-order valence-corrected chi connectivity index (χ2v) is 6.11. The molecule has 1 aliphatic heterocycles. The van der Waals surface area contributed by atoms with E-state index < -0.39 is 0 Å². The summed E-state index contributed by atoms with van der Waals surface area (Å²) in [7, 11) is 0. The van der Waals surface area contributed by atoms with Gasteiger partial charge in [-0.2, -0.15) is 0 Å². The van der Waals surface area contributed by atoms with E-state index in [2.05, 4.69) is 47.4 Å². The minimum absolute atomic E-state index is 0.667. The van der Waals surface area contributed by atoms with Gasteiger partial charge in [-0.3, -0.25) is 4.90 Å². The van der Waals surface area contributed by atoms with Crippen LogP contribution in [0.1, 0.15) is 31.2 Å². The second kappa shape index (κ2) is 6.60. The zero-order valence-corrected chi connectivity index (χ0v) is 12.6. The summed E-state index contributed by atoms with van der Waals surface area (Å²) in [6.45, 7) is 2.27. The molecule has 1 heterocycles. The highest BCUT2D eigenvalue weighted by Crippen LogP contribution is 2.25. The Morgan fingerprint density at radius 1 is 1.05 bits per heavy atom. The summed E-state index contributed by atoms with van der Waals surface area (Å²) in [6, 6.07) is 16.0. The van der Waals surface area contributed by atoms with Crippen molar-refractivity contribution in [2.24, 2.45) is 0 Å². The van der Waals surface area contributed by atoms with Crippen LogP contribution in [0.15, 0.2) is 42.5 Å². The van der Waals surface area contributed by atoms with E-state index in [0.29, 0.717) is 6.04 Å². The highest BCUT2D eigenvalue weighted by Gasteiger charge is 2.22. The van der Waals surface area contributed by atoms with Gasteiger partial charge in [-0.15, -0.1) is 11.6 Å². The zero-order chi connectivity index (χ0) is 13.8. The largest absolute Gasteiger partial charge is 0.296 e. The fraction of sp³-hybridized carbons (Fsp3) is 0.444. The topological polar surface area (TPSA) is 3.24 Å². The average molecular weight is 288 g/mol. The Hall–Kier alpha value is -1.05. The van der Waals surface area contributed by atoms with Gasteiger partial charge in [-0.05, 0) is 42.1 Å². The minimum Gasteiger partial charge on any atom is -0.296 e. The van der Waals surface area contributed by atoms with Gasteiger partial charge in [0.15, 0.2) is 0 Å². The van der Waals surface area contributed by atoms with Crippen molar-refractivity contribution in [3.05, 3.63) is 48.0 Å². The summed E-state index contributed by atoms with van der Waals surface area (Å²) in [5, 5.41) is 2.74. The fourth-order valence-corrected chi connectivity index (χ4v) is 3.62. The fourth-order valence-electron chi connectivity index (χ4n) is 3.37. The van der Waals surface area contributed by atoms with Crippen LogP contribution < -0.4 is 0 Å². The van der Waals surface area contributed by atoms with E-state index in [1.807, 2.05) is 0 Å². The Morgan fingerprint density at radius 2 is 1.90 bits per heavy atom. The quantitative estimate of drug-likeness (QED) is 0.729. The monoisotopic (exact) mass is 287 g/mol. The van der Waals surface area contributed by atoms with E-state index in [4.69, 9.17) is 11.6 Å². The molecule has 2 aromatic rings. The number of hydrogen-bond donors (Lipinski definition) is 0. The van der Waals surface area contributed by atoms with E-state index >= 15 is 0 Å². The summed E-state index contributed by atoms with van der Waals surface area (Å²) in [4.78, 5) is 2.63. The number of halogens is 1. The van der Waals surface area contributed by atoms with Crippen LogP contribution in [0.25, 0.3) is 10.8 Å². The Morgan fingerprint density at radius 3 is 2.80 bits per heavy atom. The number of nitrogens with zero attached hydrogens (tertiary/aromatic N) is 1. The van der Waals surface area contributed by atoms with Crippen molar-refractivity contribution in [2.45, 2.75) is 38.3 Å². The summed E-state index contributed by atoms with van der Waals surface area (Å²) in [5.41, 5.74) is 1.45. The van der Waals surface area contributed by atoms with Crippen LogP contribution in [-0.4, -0.2) is 23.4 Å². The second-order valence-electron chi connectivity index (χ2n) is 5.74. The molecule has 0 aliphatic carbocycles. The van der Waals surface area contributed by atoms with Crippen LogP contribution in [0.3, 0.4) is 0 Å². The molecule has 0 radical (unpaired) electrons. The van der Waals surface area contributed by atoms with Gasteiger partial charge in [0.25, 0.3) is 0 Å². The Balaban J connectivity index is 1.84. The maximum Gasteiger partial charge on any atom is 0.0242 e. The maximum absolute atomic E-state index is 5.97. The third-order valence-corrected chi connectivity index (χ3v) is 4.66. The number of piperidine rings is 1. The maximum atomic E-state index is 5.97. The molecular weight excluding hydrogens is 266 g/mol. The van der Waals surface area contributed by atoms with E-state index in [0.717, 1.165) is 18.8 Å². The Labute approximate surface area is 126 Å². The van der Waals surface area contributed by atoms with Crippen LogP contribution in [-0.2, 0) is 6.54 Å². The molecule has 3 rings (SSSR count). The molecule has 0 aromatic heterocycles. The summed E-state index contributed by atoms with van der Waals surface area (Å²) in [5.74, 6) is 0.775. The lowest BCUT2D eigenvalue weighted by Gasteiger charge is -2.35. The van der Waals surface area contributed by atoms with Crippen molar-refractivity contribution < 1.29 is 0 Å². The predicted octanol–water partition coefficient (Wildman–Crippen LogP) is 4.82. The number of fused-ring (bicyclic) bond motifs is 1. The van der Waals surface area contributed by atoms with Crippen molar-refractivity contribution in [1.29, 1.82) is 0 Å². The molecule has 106 valence electrons. The molecule has 0 saturated carbocycles. The molecule has 1 atom stereocenters. The van der Waals surface area contributed by atoms with Crippen molar-refractivity contribution >= 4 is 22.4 Å². The minimum atomic E-state index is 0.667. The van der Waals surface area contributed by atoms with Crippen LogP contribution in [0.2, 0.25) is 0 Å². The molecule has 0 spiro atoms. The standard InChI is InChI=1S/C18H22ClN/c19-12-11-17-9-3-4-13-20(17)14-16-8-5-7-15-6-1-2-10-18(15)16/h1-2,5-8,10,17H,3-4,9,11-14H2. The number of alkyl halides is 1. The highest BCUT2D eigenvalue weighted by atomic mass is 35.5. The summed E-state index contributed by atoms with van der Waals surface area (Å²) in [6.07, 6.45) is 5.10. The Kier molecular flexibility index (Phi) is 4.59. The molecule has 0 bridgehead atoms. The van der Waals surface area contributed by atoms with Gasteiger partial charge in [0.2, 0.25) is 0 Å². The number of benzene rings is 2. The van der Waals surface area contributed by atoms with Gasteiger partial charge in [-0.25, -0.2) is 0 Å². The zero-order valence-electron chi connectivity index (χ0n) is 11.9. The molecule has 2 aromatic carbocycles. The third kappa shape index (κ3) is 2.99. The lowest BCUT2D eigenvalue weighted by molar-refractivity contribution is 0.137. The molecular formula is C18H22ClN. The summed E-state index contributed by atoms with van der Waals surface area (Å²) < 4.78 is 0. The molecule has 0 N–H and O–H groups in total. The molecule has 20 heavy (non-hydrogen) atoms. The van der Waals surface area contributed by atoms with Gasteiger partial charge in [0.05, 0.1) is 0 Å². The van der Waals surface area contributed by atoms with E-state index in [9.17, 15) is 0 Å². The van der Waals surface area contributed by atoms with Crippen LogP contribution in [0.5, 0.6) is 0 Å². The van der Waals surface area contributed by atoms with Crippen molar-refractivity contribution in [1.82, 2.24) is 4.90 Å². The predicted molar refractivity (Wildman–Crippen MR) is 87.3 cm³/mol. The van der Waals surface area contributed by atoms with Crippen LogP contribution in [0.4, 0.5) is 0 Å². The third-order valence-electron chi connectivity index (χ3n) is 4.44. The number of hydrogen-bond acceptors (Lipinski definition) is 1. The first kappa shape index (κ1) is 13.9. The van der Waals surface area contributed by atoms with Gasteiger partial charge < -0.3 is 0 Å². The molecule has 1 aliphatic rings. The molecule has 1 fully saturated rings. The SMILES string of the molecule is ClCCC1CCCCN1Cc1cccc2ccccc12. The lowest BCUT2D eigenvalue weighted by Crippen LogP contribution is -2.39. The Bertz CT molecular complexity index is 559. The number of rotatable bonds is 4. The molecule has 2 heteroatoms.